The van der Waals surface area contributed by atoms with Gasteiger partial charge in [-0.1, -0.05) is 0 Å². The maximum Gasteiger partial charge on any atom is 0.332 e. The zero-order valence-corrected chi connectivity index (χ0v) is 8.16. The van der Waals surface area contributed by atoms with Crippen LogP contribution in [0.2, 0.25) is 0 Å². The van der Waals surface area contributed by atoms with E-state index in [-0.39, 0.29) is 13.2 Å². The van der Waals surface area contributed by atoms with Crippen LogP contribution in [-0.4, -0.2) is 62.2 Å². The van der Waals surface area contributed by atoms with Gasteiger partial charge in [-0.2, -0.15) is 0 Å². The molecule has 14 heavy (non-hydrogen) atoms. The molecular weight excluding hydrogens is 196 g/mol. The molecule has 0 aliphatic heterocycles. The van der Waals surface area contributed by atoms with Crippen LogP contribution >= 0.6 is 0 Å². The molecule has 0 aliphatic rings. The highest BCUT2D eigenvalue weighted by Gasteiger charge is 2.01. The predicted molar refractivity (Wildman–Crippen MR) is 47.4 cm³/mol. The van der Waals surface area contributed by atoms with Crippen molar-refractivity contribution in [3.63, 3.8) is 0 Å². The van der Waals surface area contributed by atoms with Gasteiger partial charge in [-0.15, -0.1) is 0 Å². The van der Waals surface area contributed by atoms with E-state index in [4.69, 9.17) is 30.6 Å². The lowest BCUT2D eigenvalue weighted by atomic mass is 10.4. The summed E-state index contributed by atoms with van der Waals surface area (Å²) in [4.78, 5) is 9.45. The number of carboxylic acids is 1. The van der Waals surface area contributed by atoms with E-state index in [0.717, 1.165) is 0 Å². The SMILES string of the molecule is CC(O)C(=O)O.CC(O)O.OCCO. The van der Waals surface area contributed by atoms with Crippen molar-refractivity contribution in [3.8, 4) is 0 Å². The highest BCUT2D eigenvalue weighted by molar-refractivity contribution is 5.71. The fraction of sp³-hybridized carbons (Fsp3) is 0.857. The van der Waals surface area contributed by atoms with Crippen LogP contribution in [0.15, 0.2) is 0 Å². The standard InChI is InChI=1S/C3H6O3.2C2H6O2/c1-2(4)3(5)6;1-2(3)4;3-1-2-4/h2,4H,1H3,(H,5,6);2-4H,1H3;3-4H,1-2H2. The van der Waals surface area contributed by atoms with E-state index in [1.807, 2.05) is 0 Å². The summed E-state index contributed by atoms with van der Waals surface area (Å²) in [5.74, 6) is -1.19. The van der Waals surface area contributed by atoms with Gasteiger partial charge in [0.1, 0.15) is 12.4 Å². The molecule has 0 rings (SSSR count). The van der Waals surface area contributed by atoms with Crippen LogP contribution in [0.25, 0.3) is 0 Å². The molecule has 0 spiro atoms. The molecule has 0 aromatic carbocycles. The van der Waals surface area contributed by atoms with Crippen LogP contribution in [0.4, 0.5) is 0 Å². The topological polar surface area (TPSA) is 138 Å². The van der Waals surface area contributed by atoms with Gasteiger partial charge in [-0.3, -0.25) is 0 Å². The summed E-state index contributed by atoms with van der Waals surface area (Å²) in [6.07, 6.45) is -2.40. The quantitative estimate of drug-likeness (QED) is 0.285. The molecule has 0 amide bonds. The Bertz CT molecular complexity index is 108. The maximum absolute atomic E-state index is 9.45. The van der Waals surface area contributed by atoms with E-state index >= 15 is 0 Å². The third-order valence-corrected chi connectivity index (χ3v) is 0.457. The lowest BCUT2D eigenvalue weighted by Gasteiger charge is -1.89. The Kier molecular flexibility index (Phi) is 20.0. The number of aliphatic hydroxyl groups is 5. The molecule has 88 valence electrons. The molecule has 0 aromatic heterocycles. The Labute approximate surface area is 81.9 Å². The van der Waals surface area contributed by atoms with Crippen molar-refractivity contribution in [1.29, 1.82) is 0 Å². The van der Waals surface area contributed by atoms with Crippen molar-refractivity contribution in [3.05, 3.63) is 0 Å². The average Bonchev–Trinajstić information content (AvgIpc) is 2.03. The summed E-state index contributed by atoms with van der Waals surface area (Å²) in [6.45, 7) is 2.22. The van der Waals surface area contributed by atoms with E-state index in [2.05, 4.69) is 0 Å². The highest BCUT2D eigenvalue weighted by atomic mass is 16.5. The molecule has 0 bridgehead atoms. The van der Waals surface area contributed by atoms with E-state index in [1.165, 1.54) is 13.8 Å². The molecule has 0 aliphatic carbocycles. The van der Waals surface area contributed by atoms with Gasteiger partial charge >= 0.3 is 5.97 Å². The van der Waals surface area contributed by atoms with Crippen LogP contribution < -0.4 is 0 Å². The van der Waals surface area contributed by atoms with E-state index in [1.54, 1.807) is 0 Å². The lowest BCUT2D eigenvalue weighted by Crippen LogP contribution is -2.13. The third kappa shape index (κ3) is 65.2. The van der Waals surface area contributed by atoms with Crippen molar-refractivity contribution < 1.29 is 35.4 Å². The molecule has 0 saturated carbocycles. The average molecular weight is 214 g/mol. The number of hydrogen-bond acceptors (Lipinski definition) is 6. The number of rotatable bonds is 2. The largest absolute Gasteiger partial charge is 0.479 e. The molecule has 7 heteroatoms. The minimum absolute atomic E-state index is 0.125. The molecule has 0 saturated heterocycles. The molecule has 0 heterocycles. The molecule has 0 aromatic rings. The molecule has 0 radical (unpaired) electrons. The van der Waals surface area contributed by atoms with Crippen molar-refractivity contribution in [2.24, 2.45) is 0 Å². The Morgan fingerprint density at radius 2 is 1.21 bits per heavy atom. The van der Waals surface area contributed by atoms with Crippen molar-refractivity contribution in [2.75, 3.05) is 13.2 Å². The van der Waals surface area contributed by atoms with Gasteiger partial charge in [0, 0.05) is 0 Å². The molecule has 1 atom stereocenters. The Morgan fingerprint density at radius 3 is 1.21 bits per heavy atom. The third-order valence-electron chi connectivity index (χ3n) is 0.457. The zero-order valence-electron chi connectivity index (χ0n) is 8.16. The van der Waals surface area contributed by atoms with Crippen molar-refractivity contribution in [1.82, 2.24) is 0 Å². The van der Waals surface area contributed by atoms with Crippen LogP contribution in [0.3, 0.4) is 0 Å². The monoisotopic (exact) mass is 214 g/mol. The van der Waals surface area contributed by atoms with Gasteiger partial charge in [-0.25, -0.2) is 4.79 Å². The fourth-order valence-corrected chi connectivity index (χ4v) is 0. The van der Waals surface area contributed by atoms with Crippen molar-refractivity contribution >= 4 is 5.97 Å². The Balaban J connectivity index is -0.000000135. The summed E-state index contributed by atoms with van der Waals surface area (Å²) in [7, 11) is 0. The first-order valence-electron chi connectivity index (χ1n) is 3.78. The first-order valence-corrected chi connectivity index (χ1v) is 3.78. The molecular formula is C7H18O7. The summed E-state index contributed by atoms with van der Waals surface area (Å²) in [6, 6.07) is 0. The fourth-order valence-electron chi connectivity index (χ4n) is 0. The molecule has 0 fully saturated rings. The number of hydrogen-bond donors (Lipinski definition) is 6. The number of carboxylic acid groups (broad SMARTS) is 1. The minimum atomic E-state index is -1.23. The number of aliphatic carboxylic acids is 1. The zero-order chi connectivity index (χ0) is 12.1. The molecule has 6 N–H and O–H groups in total. The van der Waals surface area contributed by atoms with Gasteiger partial charge in [0.05, 0.1) is 13.2 Å². The summed E-state index contributed by atoms with van der Waals surface area (Å²) >= 11 is 0. The van der Waals surface area contributed by atoms with Gasteiger partial charge in [-0.05, 0) is 13.8 Å². The minimum Gasteiger partial charge on any atom is -0.479 e. The van der Waals surface area contributed by atoms with E-state index < -0.39 is 18.4 Å². The predicted octanol–water partition coefficient (Wildman–Crippen LogP) is -2.26. The number of aliphatic hydroxyl groups excluding tert-OH is 4. The van der Waals surface area contributed by atoms with E-state index in [0.29, 0.717) is 0 Å². The molecule has 1 unspecified atom stereocenters. The first-order chi connectivity index (χ1) is 6.29. The van der Waals surface area contributed by atoms with Gasteiger partial charge in [0.15, 0.2) is 0 Å². The second-order valence-corrected chi connectivity index (χ2v) is 2.09. The van der Waals surface area contributed by atoms with Gasteiger partial charge < -0.3 is 30.6 Å². The second kappa shape index (κ2) is 14.8. The van der Waals surface area contributed by atoms with E-state index in [9.17, 15) is 4.79 Å². The van der Waals surface area contributed by atoms with Gasteiger partial charge in [0.25, 0.3) is 0 Å². The normalized spacial score (nSPS) is 10.6. The van der Waals surface area contributed by atoms with Crippen LogP contribution in [0.5, 0.6) is 0 Å². The van der Waals surface area contributed by atoms with Crippen LogP contribution in [-0.2, 0) is 4.79 Å². The van der Waals surface area contributed by atoms with Gasteiger partial charge in [0.2, 0.25) is 0 Å². The maximum atomic E-state index is 9.45. The Morgan fingerprint density at radius 1 is 1.07 bits per heavy atom. The highest BCUT2D eigenvalue weighted by Crippen LogP contribution is 1.73. The van der Waals surface area contributed by atoms with Crippen molar-refractivity contribution in [2.45, 2.75) is 26.2 Å². The second-order valence-electron chi connectivity index (χ2n) is 2.09. The first kappa shape index (κ1) is 18.9. The van der Waals surface area contributed by atoms with Crippen LogP contribution in [0, 0.1) is 0 Å². The molecule has 7 nitrogen and oxygen atoms in total. The summed E-state index contributed by atoms with van der Waals surface area (Å²) in [5.41, 5.74) is 0. The summed E-state index contributed by atoms with van der Waals surface area (Å²) < 4.78 is 0. The smallest absolute Gasteiger partial charge is 0.332 e. The Hall–Kier alpha value is -0.730. The van der Waals surface area contributed by atoms with Crippen LogP contribution in [0.1, 0.15) is 13.8 Å². The summed E-state index contributed by atoms with van der Waals surface area (Å²) in [5, 5.41) is 46.2. The lowest BCUT2D eigenvalue weighted by molar-refractivity contribution is -0.145. The number of carbonyl (C=O) groups is 1.